The van der Waals surface area contributed by atoms with Crippen molar-refractivity contribution in [3.8, 4) is 11.5 Å². The number of carboxylic acid groups (broad SMARTS) is 1. The van der Waals surface area contributed by atoms with Crippen LogP contribution in [0.1, 0.15) is 18.1 Å². The van der Waals surface area contributed by atoms with Crippen LogP contribution in [-0.4, -0.2) is 78.8 Å². The molecule has 0 amide bonds. The van der Waals surface area contributed by atoms with Crippen molar-refractivity contribution in [3.05, 3.63) is 84.2 Å². The zero-order valence-corrected chi connectivity index (χ0v) is 27.2. The van der Waals surface area contributed by atoms with Crippen molar-refractivity contribution in [1.29, 1.82) is 0 Å². The van der Waals surface area contributed by atoms with Gasteiger partial charge in [-0.2, -0.15) is 19.2 Å². The Morgan fingerprint density at radius 2 is 1.51 bits per heavy atom. The second-order valence-electron chi connectivity index (χ2n) is 9.17. The number of aliphatic imine (C=N–C) groups is 1. The van der Waals surface area contributed by atoms with Crippen LogP contribution in [0.5, 0.6) is 11.5 Å². The Kier molecular flexibility index (Phi) is 16.2. The number of hydrogen-bond acceptors (Lipinski definition) is 7. The van der Waals surface area contributed by atoms with Gasteiger partial charge in [0.15, 0.2) is 5.96 Å². The van der Waals surface area contributed by atoms with Gasteiger partial charge in [-0.1, -0.05) is 12.6 Å². The van der Waals surface area contributed by atoms with Gasteiger partial charge in [0.1, 0.15) is 11.5 Å². The molecular formula is C29H35F4N4NaO7. The van der Waals surface area contributed by atoms with Crippen molar-refractivity contribution in [3.63, 3.8) is 0 Å². The molecule has 1 fully saturated rings. The first-order valence-electron chi connectivity index (χ1n) is 12.6. The number of alkyl halides is 3. The number of anilines is 2. The van der Waals surface area contributed by atoms with Crippen LogP contribution in [-0.2, 0) is 11.0 Å². The molecule has 45 heavy (non-hydrogen) atoms. The number of carboxylic acids is 1. The molecule has 3 aromatic carbocycles. The number of halogens is 4. The van der Waals surface area contributed by atoms with Crippen molar-refractivity contribution in [1.82, 2.24) is 4.90 Å². The number of carbonyl (C=O) groups is 1. The largest absolute Gasteiger partial charge is 1.00 e. The van der Waals surface area contributed by atoms with Crippen LogP contribution in [0.15, 0.2) is 65.7 Å². The number of hydrogen-bond donors (Lipinski definition) is 1. The average molecular weight is 651 g/mol. The number of piperazine rings is 1. The zero-order valence-electron chi connectivity index (χ0n) is 25.2. The van der Waals surface area contributed by atoms with Crippen LogP contribution >= 0.6 is 0 Å². The number of ether oxygens (including phenoxy) is 2. The quantitative estimate of drug-likeness (QED) is 0.241. The minimum absolute atomic E-state index is 0. The summed E-state index contributed by atoms with van der Waals surface area (Å²) in [5, 5.41) is 7.42. The Morgan fingerprint density at radius 1 is 0.911 bits per heavy atom. The summed E-state index contributed by atoms with van der Waals surface area (Å²) in [6, 6.07) is 15.6. The van der Waals surface area contributed by atoms with E-state index in [1.54, 1.807) is 30.7 Å². The molecule has 16 heteroatoms. The summed E-state index contributed by atoms with van der Waals surface area (Å²) < 4.78 is 66.2. The summed E-state index contributed by atoms with van der Waals surface area (Å²) in [4.78, 5) is 19.3. The Morgan fingerprint density at radius 3 is 2.09 bits per heavy atom. The molecule has 0 saturated carbocycles. The third-order valence-corrected chi connectivity index (χ3v) is 6.46. The maximum atomic E-state index is 14.7. The van der Waals surface area contributed by atoms with Gasteiger partial charge in [-0.25, -0.2) is 4.39 Å². The monoisotopic (exact) mass is 650 g/mol. The Bertz CT molecular complexity index is 1430. The molecule has 242 valence electrons. The fourth-order valence-electron chi connectivity index (χ4n) is 4.53. The Labute approximate surface area is 279 Å². The molecular weight excluding hydrogens is 615 g/mol. The molecule has 0 bridgehead atoms. The number of nitrogens with zero attached hydrogens (tertiary/aromatic N) is 4. The fraction of sp³-hybridized carbons (Fsp3) is 0.276. The average Bonchev–Trinajstić information content (AvgIpc) is 2.96. The van der Waals surface area contributed by atoms with E-state index in [0.29, 0.717) is 37.7 Å². The molecule has 7 N–H and O–H groups in total. The molecule has 0 aliphatic carbocycles. The van der Waals surface area contributed by atoms with E-state index in [2.05, 4.69) is 9.89 Å². The molecule has 5 rings (SSSR count). The first kappa shape index (κ1) is 41.3. The van der Waals surface area contributed by atoms with Gasteiger partial charge in [-0.05, 0) is 36.4 Å². The van der Waals surface area contributed by atoms with Gasteiger partial charge in [0.05, 0.1) is 31.3 Å². The molecule has 2 heterocycles. The van der Waals surface area contributed by atoms with Crippen molar-refractivity contribution in [2.75, 3.05) is 50.2 Å². The first-order chi connectivity index (χ1) is 19.5. The summed E-state index contributed by atoms with van der Waals surface area (Å²) >= 11 is 0. The standard InChI is InChI=1S/C27H25F4N4O2.C2H4O2.Na.3H2O/c1-36-21-7-4-6-20(16-21)33-11-13-34(14-12-33)26-32-25-18(5-3-8-22(25)28)17-35(26)23-15-19(27(29,30)31)9-10-24(23)37-2;1-2(3)4;;;;/h3-10,15-17H,11-14H2,1-2H3;1H3,(H,3,4);;3*1H2/q-1;;+1;;;. The SMILES string of the molecule is CC(=O)O.COc1cccc(N2CCN(C3=Nc4c(F)cccc4[CH-]N3c3cc(C(F)(F)F)ccc3OC)CC2)c1.O.O.O.[Na+]. The first-order valence-corrected chi connectivity index (χ1v) is 12.6. The van der Waals surface area contributed by atoms with E-state index in [-0.39, 0.29) is 63.1 Å². The third kappa shape index (κ3) is 9.88. The Balaban J connectivity index is 0.00000229. The second-order valence-corrected chi connectivity index (χ2v) is 9.17. The van der Waals surface area contributed by atoms with E-state index in [0.717, 1.165) is 30.5 Å². The second kappa shape index (κ2) is 17.7. The maximum Gasteiger partial charge on any atom is 1.00 e. The summed E-state index contributed by atoms with van der Waals surface area (Å²) in [7, 11) is 3.01. The minimum atomic E-state index is -4.54. The maximum absolute atomic E-state index is 14.7. The van der Waals surface area contributed by atoms with Crippen LogP contribution in [0.25, 0.3) is 0 Å². The van der Waals surface area contributed by atoms with Gasteiger partial charge in [0, 0.05) is 50.5 Å². The summed E-state index contributed by atoms with van der Waals surface area (Å²) in [6.07, 6.45) is -4.54. The normalized spacial score (nSPS) is 13.4. The van der Waals surface area contributed by atoms with Crippen LogP contribution in [0.4, 0.5) is 34.6 Å². The molecule has 3 aromatic rings. The van der Waals surface area contributed by atoms with Crippen molar-refractivity contribution in [2.45, 2.75) is 13.1 Å². The third-order valence-electron chi connectivity index (χ3n) is 6.46. The van der Waals surface area contributed by atoms with E-state index < -0.39 is 23.5 Å². The van der Waals surface area contributed by atoms with Crippen LogP contribution in [0.2, 0.25) is 0 Å². The predicted octanol–water partition coefficient (Wildman–Crippen LogP) is 0.322. The summed E-state index contributed by atoms with van der Waals surface area (Å²) in [5.74, 6) is -0.00894. The Hall–Kier alpha value is -3.73. The molecule has 0 spiro atoms. The van der Waals surface area contributed by atoms with E-state index in [4.69, 9.17) is 19.4 Å². The number of aliphatic carboxylic acids is 1. The number of rotatable bonds is 4. The van der Waals surface area contributed by atoms with Crippen molar-refractivity contribution < 1.29 is 82.9 Å². The van der Waals surface area contributed by atoms with E-state index in [1.807, 2.05) is 29.2 Å². The van der Waals surface area contributed by atoms with Crippen molar-refractivity contribution >= 4 is 29.0 Å². The van der Waals surface area contributed by atoms with Gasteiger partial charge in [0.25, 0.3) is 5.97 Å². The number of para-hydroxylation sites is 1. The van der Waals surface area contributed by atoms with Gasteiger partial charge in [-0.15, -0.1) is 11.6 Å². The molecule has 0 aromatic heterocycles. The fourth-order valence-corrected chi connectivity index (χ4v) is 4.53. The van der Waals surface area contributed by atoms with Gasteiger partial charge >= 0.3 is 35.7 Å². The molecule has 2 aliphatic rings. The van der Waals surface area contributed by atoms with Crippen LogP contribution in [0.3, 0.4) is 0 Å². The summed E-state index contributed by atoms with van der Waals surface area (Å²) in [6.45, 7) is 4.98. The topological polar surface area (TPSA) is 172 Å². The smallest absolute Gasteiger partial charge is 0.497 e. The molecule has 0 atom stereocenters. The van der Waals surface area contributed by atoms with E-state index in [1.165, 1.54) is 19.2 Å². The molecule has 1 saturated heterocycles. The van der Waals surface area contributed by atoms with Gasteiger partial charge in [0.2, 0.25) is 0 Å². The van der Waals surface area contributed by atoms with E-state index >= 15 is 0 Å². The molecule has 2 aliphatic heterocycles. The summed E-state index contributed by atoms with van der Waals surface area (Å²) in [5.41, 5.74) is 0.960. The zero-order chi connectivity index (χ0) is 29.7. The predicted molar refractivity (Wildman–Crippen MR) is 158 cm³/mol. The van der Waals surface area contributed by atoms with Crippen LogP contribution < -0.4 is 48.8 Å². The van der Waals surface area contributed by atoms with Gasteiger partial charge in [-0.3, -0.25) is 9.79 Å². The molecule has 0 unspecified atom stereocenters. The molecule has 11 nitrogen and oxygen atoms in total. The minimum Gasteiger partial charge on any atom is -0.497 e. The van der Waals surface area contributed by atoms with Crippen LogP contribution in [0, 0.1) is 12.4 Å². The number of fused-ring (bicyclic) bond motifs is 1. The number of guanidine groups is 1. The van der Waals surface area contributed by atoms with Gasteiger partial charge < -0.3 is 45.7 Å². The number of methoxy groups -OCH3 is 2. The van der Waals surface area contributed by atoms with E-state index in [9.17, 15) is 17.6 Å². The number of benzene rings is 3. The van der Waals surface area contributed by atoms with Crippen molar-refractivity contribution in [2.24, 2.45) is 4.99 Å². The molecule has 0 radical (unpaired) electrons.